The van der Waals surface area contributed by atoms with Crippen molar-refractivity contribution in [1.82, 2.24) is 16.0 Å². The van der Waals surface area contributed by atoms with Gasteiger partial charge in [-0.05, 0) is 47.9 Å². The summed E-state index contributed by atoms with van der Waals surface area (Å²) in [6.45, 7) is 4.78. The van der Waals surface area contributed by atoms with Gasteiger partial charge in [0.15, 0.2) is 0 Å². The number of hydrogen-bond acceptors (Lipinski definition) is 5. The number of nitrogens with one attached hydrogen (secondary N) is 3. The molecule has 4 atom stereocenters. The van der Waals surface area contributed by atoms with E-state index in [4.69, 9.17) is 4.74 Å². The van der Waals surface area contributed by atoms with Crippen molar-refractivity contribution >= 4 is 29.3 Å². The van der Waals surface area contributed by atoms with Crippen molar-refractivity contribution in [1.29, 1.82) is 0 Å². The standard InChI is InChI=1S/C31H39FN4O5/c1-4-19(2)27(35-26(37)18-41-15-14-32)30(39)34-24-13-12-21-10-7-11-22-16-25(36(28(21)22)31(24)40)29(38)33-17-23-9-6-5-8-20(23)3/h5-11,19,24-25,27H,4,12-18H2,1-3H3,(H,33,38)(H,34,39)(H,35,37)/t19-,24-,25-,27-/m0/s1. The van der Waals surface area contributed by atoms with Gasteiger partial charge >= 0.3 is 0 Å². The summed E-state index contributed by atoms with van der Waals surface area (Å²) < 4.78 is 17.3. The van der Waals surface area contributed by atoms with E-state index in [1.807, 2.05) is 63.2 Å². The summed E-state index contributed by atoms with van der Waals surface area (Å²) in [5.41, 5.74) is 4.70. The first-order valence-electron chi connectivity index (χ1n) is 14.2. The largest absolute Gasteiger partial charge is 0.369 e. The molecule has 0 aliphatic carbocycles. The lowest BCUT2D eigenvalue weighted by Gasteiger charge is -2.30. The minimum atomic E-state index is -0.901. The molecule has 2 heterocycles. The Morgan fingerprint density at radius 2 is 1.88 bits per heavy atom. The lowest BCUT2D eigenvalue weighted by molar-refractivity contribution is -0.134. The van der Waals surface area contributed by atoms with Crippen LogP contribution in [-0.4, -0.2) is 61.6 Å². The van der Waals surface area contributed by atoms with E-state index >= 15 is 0 Å². The second kappa shape index (κ2) is 13.7. The van der Waals surface area contributed by atoms with Crippen LogP contribution in [0.3, 0.4) is 0 Å². The molecule has 2 aliphatic heterocycles. The average molecular weight is 567 g/mol. The fourth-order valence-electron chi connectivity index (χ4n) is 5.48. The van der Waals surface area contributed by atoms with Crippen molar-refractivity contribution in [2.75, 3.05) is 24.8 Å². The summed E-state index contributed by atoms with van der Waals surface area (Å²) in [7, 11) is 0. The van der Waals surface area contributed by atoms with E-state index in [1.165, 1.54) is 0 Å². The smallest absolute Gasteiger partial charge is 0.250 e. The molecule has 0 bridgehead atoms. The van der Waals surface area contributed by atoms with Gasteiger partial charge in [-0.2, -0.15) is 0 Å². The predicted molar refractivity (Wildman–Crippen MR) is 153 cm³/mol. The number of carbonyl (C=O) groups is 4. The molecule has 2 aliphatic rings. The lowest BCUT2D eigenvalue weighted by atomic mass is 9.97. The minimum Gasteiger partial charge on any atom is -0.369 e. The maximum absolute atomic E-state index is 14.0. The Hall–Kier alpha value is -3.79. The van der Waals surface area contributed by atoms with Crippen LogP contribution in [-0.2, 0) is 43.3 Å². The van der Waals surface area contributed by atoms with Gasteiger partial charge in [-0.1, -0.05) is 62.7 Å². The third kappa shape index (κ3) is 6.93. The highest BCUT2D eigenvalue weighted by Gasteiger charge is 2.44. The van der Waals surface area contributed by atoms with E-state index in [0.29, 0.717) is 32.2 Å². The van der Waals surface area contributed by atoms with Crippen molar-refractivity contribution in [2.24, 2.45) is 5.92 Å². The van der Waals surface area contributed by atoms with Gasteiger partial charge in [-0.3, -0.25) is 24.1 Å². The van der Waals surface area contributed by atoms with E-state index in [-0.39, 0.29) is 30.9 Å². The molecule has 3 N–H and O–H groups in total. The Bertz CT molecular complexity index is 1280. The summed E-state index contributed by atoms with van der Waals surface area (Å²) in [5.74, 6) is -1.85. The summed E-state index contributed by atoms with van der Waals surface area (Å²) in [6, 6.07) is 11.1. The van der Waals surface area contributed by atoms with Crippen LogP contribution in [0.5, 0.6) is 0 Å². The third-order valence-electron chi connectivity index (χ3n) is 8.01. The molecule has 10 heteroatoms. The van der Waals surface area contributed by atoms with Crippen molar-refractivity contribution in [2.45, 2.75) is 71.1 Å². The maximum atomic E-state index is 14.0. The highest BCUT2D eigenvalue weighted by molar-refractivity contribution is 6.08. The van der Waals surface area contributed by atoms with Crippen LogP contribution in [0.1, 0.15) is 48.9 Å². The van der Waals surface area contributed by atoms with E-state index in [2.05, 4.69) is 16.0 Å². The fourth-order valence-corrected chi connectivity index (χ4v) is 5.48. The number of hydrogen-bond donors (Lipinski definition) is 3. The molecule has 2 aromatic carbocycles. The molecule has 0 radical (unpaired) electrons. The number of ether oxygens (including phenoxy) is 1. The van der Waals surface area contributed by atoms with Gasteiger partial charge in [-0.25, -0.2) is 4.39 Å². The average Bonchev–Trinajstić information content (AvgIpc) is 3.31. The number of alkyl halides is 1. The number of rotatable bonds is 12. The number of amides is 4. The predicted octanol–water partition coefficient (Wildman–Crippen LogP) is 2.52. The molecule has 0 spiro atoms. The lowest BCUT2D eigenvalue weighted by Crippen LogP contribution is -2.58. The summed E-state index contributed by atoms with van der Waals surface area (Å²) in [5, 5.41) is 8.54. The Morgan fingerprint density at radius 1 is 1.12 bits per heavy atom. The van der Waals surface area contributed by atoms with Gasteiger partial charge in [0.05, 0.1) is 12.3 Å². The van der Waals surface area contributed by atoms with Crippen LogP contribution >= 0.6 is 0 Å². The molecule has 0 aromatic heterocycles. The molecule has 4 rings (SSSR count). The van der Waals surface area contributed by atoms with Crippen LogP contribution < -0.4 is 20.9 Å². The first kappa shape index (κ1) is 30.2. The number of nitrogens with zero attached hydrogens (tertiary/aromatic N) is 1. The van der Waals surface area contributed by atoms with E-state index < -0.39 is 36.6 Å². The number of para-hydroxylation sites is 1. The Kier molecular flexibility index (Phi) is 10.1. The zero-order chi connectivity index (χ0) is 29.5. The normalized spacial score (nSPS) is 19.1. The first-order valence-corrected chi connectivity index (χ1v) is 14.2. The zero-order valence-corrected chi connectivity index (χ0v) is 23.9. The Labute approximate surface area is 240 Å². The molecule has 0 unspecified atom stereocenters. The van der Waals surface area contributed by atoms with Gasteiger partial charge in [0.25, 0.3) is 0 Å². The van der Waals surface area contributed by atoms with Gasteiger partial charge < -0.3 is 20.7 Å². The van der Waals surface area contributed by atoms with Gasteiger partial charge in [0.2, 0.25) is 23.6 Å². The fraction of sp³-hybridized carbons (Fsp3) is 0.484. The van der Waals surface area contributed by atoms with E-state index in [1.54, 1.807) is 4.90 Å². The molecule has 41 heavy (non-hydrogen) atoms. The van der Waals surface area contributed by atoms with Crippen LogP contribution in [0.4, 0.5) is 10.1 Å². The molecular formula is C31H39FN4O5. The maximum Gasteiger partial charge on any atom is 0.250 e. The number of benzene rings is 2. The summed E-state index contributed by atoms with van der Waals surface area (Å²) in [4.78, 5) is 54.8. The van der Waals surface area contributed by atoms with Gasteiger partial charge in [0, 0.05) is 13.0 Å². The first-order chi connectivity index (χ1) is 19.7. The van der Waals surface area contributed by atoms with Crippen LogP contribution in [0, 0.1) is 12.8 Å². The number of carbonyl (C=O) groups excluding carboxylic acids is 4. The van der Waals surface area contributed by atoms with Gasteiger partial charge in [-0.15, -0.1) is 0 Å². The molecule has 9 nitrogen and oxygen atoms in total. The zero-order valence-electron chi connectivity index (χ0n) is 23.9. The Morgan fingerprint density at radius 3 is 2.61 bits per heavy atom. The molecule has 0 fully saturated rings. The number of aryl methyl sites for hydroxylation is 2. The minimum absolute atomic E-state index is 0.206. The van der Waals surface area contributed by atoms with Gasteiger partial charge in [0.1, 0.15) is 31.4 Å². The SMILES string of the molecule is CC[C@H](C)[C@H](NC(=O)COCCF)C(=O)N[C@H]1CCc2cccc3c2N(C1=O)[C@H](C(=O)NCc1ccccc1C)C3. The van der Waals surface area contributed by atoms with Crippen molar-refractivity contribution in [3.05, 3.63) is 64.7 Å². The molecule has 2 aromatic rings. The highest BCUT2D eigenvalue weighted by Crippen LogP contribution is 2.39. The van der Waals surface area contributed by atoms with Crippen LogP contribution in [0.25, 0.3) is 0 Å². The molecule has 4 amide bonds. The molecule has 0 saturated heterocycles. The Balaban J connectivity index is 1.51. The van der Waals surface area contributed by atoms with Crippen LogP contribution in [0.15, 0.2) is 42.5 Å². The topological polar surface area (TPSA) is 117 Å². The second-order valence-corrected chi connectivity index (χ2v) is 10.8. The summed E-state index contributed by atoms with van der Waals surface area (Å²) >= 11 is 0. The van der Waals surface area contributed by atoms with E-state index in [9.17, 15) is 23.6 Å². The second-order valence-electron chi connectivity index (χ2n) is 10.8. The monoisotopic (exact) mass is 566 g/mol. The number of halogens is 1. The van der Waals surface area contributed by atoms with Crippen molar-refractivity contribution < 1.29 is 28.3 Å². The highest BCUT2D eigenvalue weighted by atomic mass is 19.1. The quantitative estimate of drug-likeness (QED) is 0.342. The number of anilines is 1. The molecule has 0 saturated carbocycles. The van der Waals surface area contributed by atoms with Crippen LogP contribution in [0.2, 0.25) is 0 Å². The molecular weight excluding hydrogens is 527 g/mol. The van der Waals surface area contributed by atoms with E-state index in [0.717, 1.165) is 27.9 Å². The summed E-state index contributed by atoms with van der Waals surface area (Å²) in [6.07, 6.45) is 1.90. The van der Waals surface area contributed by atoms with Crippen molar-refractivity contribution in [3.63, 3.8) is 0 Å². The third-order valence-corrected chi connectivity index (χ3v) is 8.01. The molecule has 220 valence electrons. The van der Waals surface area contributed by atoms with Crippen molar-refractivity contribution in [3.8, 4) is 0 Å².